The fourth-order valence-corrected chi connectivity index (χ4v) is 1.19. The van der Waals surface area contributed by atoms with Crippen molar-refractivity contribution in [2.45, 2.75) is 12.6 Å². The van der Waals surface area contributed by atoms with Crippen LogP contribution < -0.4 is 0 Å². The SMILES string of the molecule is O=C(O)CC1C(=O)N=CC=C1C(F)(F)F. The average Bonchev–Trinajstić information content (AvgIpc) is 2.05. The number of rotatable bonds is 2. The van der Waals surface area contributed by atoms with Gasteiger partial charge in [0.15, 0.2) is 0 Å². The molecule has 1 N–H and O–H groups in total. The van der Waals surface area contributed by atoms with Gasteiger partial charge in [-0.25, -0.2) is 4.99 Å². The van der Waals surface area contributed by atoms with Crippen molar-refractivity contribution in [3.63, 3.8) is 0 Å². The topological polar surface area (TPSA) is 66.7 Å². The Bertz CT molecular complexity index is 357. The third-order valence-electron chi connectivity index (χ3n) is 1.84. The zero-order valence-electron chi connectivity index (χ0n) is 7.28. The molecule has 1 aliphatic rings. The van der Waals surface area contributed by atoms with Crippen LogP contribution in [0.4, 0.5) is 13.2 Å². The number of dihydropyridines is 1. The standard InChI is InChI=1S/C8H6F3NO3/c9-8(10,11)5-1-2-12-7(15)4(5)3-6(13)14/h1-2,4H,3H2,(H,13,14). The fraction of sp³-hybridized carbons (Fsp3) is 0.375. The van der Waals surface area contributed by atoms with E-state index < -0.39 is 36.0 Å². The molecular formula is C8H6F3NO3. The third-order valence-corrected chi connectivity index (χ3v) is 1.84. The first kappa shape index (κ1) is 11.4. The fourth-order valence-electron chi connectivity index (χ4n) is 1.19. The van der Waals surface area contributed by atoms with Gasteiger partial charge in [-0.2, -0.15) is 13.2 Å². The Balaban J connectivity index is 3.00. The van der Waals surface area contributed by atoms with Gasteiger partial charge in [-0.15, -0.1) is 0 Å². The van der Waals surface area contributed by atoms with Crippen LogP contribution in [0.15, 0.2) is 16.6 Å². The monoisotopic (exact) mass is 221 g/mol. The number of carboxylic acids is 1. The van der Waals surface area contributed by atoms with E-state index in [9.17, 15) is 22.8 Å². The van der Waals surface area contributed by atoms with Crippen molar-refractivity contribution in [1.82, 2.24) is 0 Å². The number of carbonyl (C=O) groups excluding carboxylic acids is 1. The lowest BCUT2D eigenvalue weighted by molar-refractivity contribution is -0.142. The second-order valence-electron chi connectivity index (χ2n) is 2.89. The van der Waals surface area contributed by atoms with Crippen LogP contribution >= 0.6 is 0 Å². The summed E-state index contributed by atoms with van der Waals surface area (Å²) in [5.74, 6) is -4.28. The molecule has 4 nitrogen and oxygen atoms in total. The molecule has 0 bridgehead atoms. The number of carbonyl (C=O) groups is 2. The predicted octanol–water partition coefficient (Wildman–Crippen LogP) is 1.18. The van der Waals surface area contributed by atoms with Gasteiger partial charge >= 0.3 is 12.1 Å². The van der Waals surface area contributed by atoms with Crippen molar-refractivity contribution < 1.29 is 27.9 Å². The van der Waals surface area contributed by atoms with Gasteiger partial charge in [-0.3, -0.25) is 9.59 Å². The van der Waals surface area contributed by atoms with Crippen LogP contribution in [0.3, 0.4) is 0 Å². The summed E-state index contributed by atoms with van der Waals surface area (Å²) in [7, 11) is 0. The van der Waals surface area contributed by atoms with Crippen LogP contribution in [0.5, 0.6) is 0 Å². The zero-order valence-corrected chi connectivity index (χ0v) is 7.28. The molecule has 0 saturated carbocycles. The molecule has 0 aromatic carbocycles. The number of halogens is 3. The van der Waals surface area contributed by atoms with E-state index in [1.54, 1.807) is 0 Å². The number of aliphatic carboxylic acids is 1. The van der Waals surface area contributed by atoms with Crippen molar-refractivity contribution in [2.75, 3.05) is 0 Å². The summed E-state index contributed by atoms with van der Waals surface area (Å²) in [5.41, 5.74) is -1.16. The first-order valence-electron chi connectivity index (χ1n) is 3.89. The molecule has 7 heteroatoms. The Labute approximate surface area is 82.1 Å². The van der Waals surface area contributed by atoms with E-state index in [4.69, 9.17) is 5.11 Å². The number of aliphatic imine (C=N–C) groups is 1. The number of carboxylic acid groups (broad SMARTS) is 1. The number of nitrogens with zero attached hydrogens (tertiary/aromatic N) is 1. The number of amides is 1. The smallest absolute Gasteiger partial charge is 0.413 e. The molecule has 1 heterocycles. The van der Waals surface area contributed by atoms with Crippen LogP contribution in [-0.2, 0) is 9.59 Å². The average molecular weight is 221 g/mol. The zero-order chi connectivity index (χ0) is 11.6. The molecule has 0 saturated heterocycles. The second-order valence-corrected chi connectivity index (χ2v) is 2.89. The summed E-state index contributed by atoms with van der Waals surface area (Å²) in [6.45, 7) is 0. The number of alkyl halides is 3. The summed E-state index contributed by atoms with van der Waals surface area (Å²) in [6.07, 6.45) is -4.26. The minimum atomic E-state index is -4.71. The highest BCUT2D eigenvalue weighted by Crippen LogP contribution is 2.34. The minimum absolute atomic E-state index is 0.620. The summed E-state index contributed by atoms with van der Waals surface area (Å²) in [5, 5.41) is 8.37. The normalized spacial score (nSPS) is 21.4. The van der Waals surface area contributed by atoms with E-state index in [0.717, 1.165) is 6.21 Å². The Kier molecular flexibility index (Phi) is 2.92. The molecule has 0 spiro atoms. The summed E-state index contributed by atoms with van der Waals surface area (Å²) in [4.78, 5) is 24.4. The molecule has 1 aliphatic heterocycles. The maximum atomic E-state index is 12.3. The molecular weight excluding hydrogens is 215 g/mol. The van der Waals surface area contributed by atoms with Gasteiger partial charge in [0.1, 0.15) is 0 Å². The van der Waals surface area contributed by atoms with Crippen molar-refractivity contribution in [1.29, 1.82) is 0 Å². The van der Waals surface area contributed by atoms with Crippen LogP contribution in [-0.4, -0.2) is 29.4 Å². The van der Waals surface area contributed by atoms with Crippen molar-refractivity contribution in [2.24, 2.45) is 10.9 Å². The van der Waals surface area contributed by atoms with Gasteiger partial charge in [0.25, 0.3) is 5.91 Å². The summed E-state index contributed by atoms with van der Waals surface area (Å²) < 4.78 is 37.0. The van der Waals surface area contributed by atoms with Crippen molar-refractivity contribution in [3.8, 4) is 0 Å². The highest BCUT2D eigenvalue weighted by molar-refractivity contribution is 5.97. The number of hydrogen-bond donors (Lipinski definition) is 1. The quantitative estimate of drug-likeness (QED) is 0.761. The van der Waals surface area contributed by atoms with Gasteiger partial charge in [0, 0.05) is 11.8 Å². The lowest BCUT2D eigenvalue weighted by atomic mass is 9.92. The highest BCUT2D eigenvalue weighted by Gasteiger charge is 2.43. The van der Waals surface area contributed by atoms with E-state index >= 15 is 0 Å². The van der Waals surface area contributed by atoms with Crippen LogP contribution in [0, 0.1) is 5.92 Å². The number of hydrogen-bond acceptors (Lipinski definition) is 2. The largest absolute Gasteiger partial charge is 0.481 e. The molecule has 1 unspecified atom stereocenters. The van der Waals surface area contributed by atoms with Crippen molar-refractivity contribution in [3.05, 3.63) is 11.6 Å². The Morgan fingerprint density at radius 2 is 2.13 bits per heavy atom. The maximum Gasteiger partial charge on any atom is 0.413 e. The maximum absolute atomic E-state index is 12.3. The lowest BCUT2D eigenvalue weighted by Gasteiger charge is -2.19. The van der Waals surface area contributed by atoms with Gasteiger partial charge in [0.2, 0.25) is 0 Å². The van der Waals surface area contributed by atoms with Gasteiger partial charge in [-0.05, 0) is 6.08 Å². The Hall–Kier alpha value is -1.66. The highest BCUT2D eigenvalue weighted by atomic mass is 19.4. The van der Waals surface area contributed by atoms with Gasteiger partial charge in [-0.1, -0.05) is 0 Å². The van der Waals surface area contributed by atoms with Crippen LogP contribution in [0.1, 0.15) is 6.42 Å². The Morgan fingerprint density at radius 1 is 1.53 bits per heavy atom. The molecule has 0 radical (unpaired) electrons. The molecule has 15 heavy (non-hydrogen) atoms. The second kappa shape index (κ2) is 3.84. The molecule has 82 valence electrons. The Morgan fingerprint density at radius 3 is 2.60 bits per heavy atom. The lowest BCUT2D eigenvalue weighted by Crippen LogP contribution is -2.29. The van der Waals surface area contributed by atoms with Crippen LogP contribution in [0.25, 0.3) is 0 Å². The van der Waals surface area contributed by atoms with E-state index in [0.29, 0.717) is 6.08 Å². The third kappa shape index (κ3) is 2.64. The molecule has 1 rings (SSSR count). The summed E-state index contributed by atoms with van der Waals surface area (Å²) in [6, 6.07) is 0. The van der Waals surface area contributed by atoms with E-state index in [-0.39, 0.29) is 0 Å². The summed E-state index contributed by atoms with van der Waals surface area (Å²) >= 11 is 0. The first-order valence-corrected chi connectivity index (χ1v) is 3.89. The predicted molar refractivity (Wildman–Crippen MR) is 43.4 cm³/mol. The van der Waals surface area contributed by atoms with Gasteiger partial charge < -0.3 is 5.11 Å². The molecule has 0 aromatic rings. The van der Waals surface area contributed by atoms with E-state index in [2.05, 4.69) is 4.99 Å². The van der Waals surface area contributed by atoms with Crippen molar-refractivity contribution >= 4 is 18.1 Å². The van der Waals surface area contributed by atoms with Crippen LogP contribution in [0.2, 0.25) is 0 Å². The molecule has 1 atom stereocenters. The van der Waals surface area contributed by atoms with Gasteiger partial charge in [0.05, 0.1) is 12.3 Å². The number of allylic oxidation sites excluding steroid dienone is 1. The molecule has 0 fully saturated rings. The molecule has 0 aromatic heterocycles. The minimum Gasteiger partial charge on any atom is -0.481 e. The van der Waals surface area contributed by atoms with E-state index in [1.807, 2.05) is 0 Å². The molecule has 1 amide bonds. The first-order chi connectivity index (χ1) is 6.82. The molecule has 0 aliphatic carbocycles. The van der Waals surface area contributed by atoms with E-state index in [1.165, 1.54) is 0 Å².